The number of halogens is 3. The number of hydrogen-bond acceptors (Lipinski definition) is 1. The van der Waals surface area contributed by atoms with Crippen LogP contribution in [-0.2, 0) is 32.7 Å². The van der Waals surface area contributed by atoms with E-state index in [0.717, 1.165) is 5.56 Å². The molecule has 6 heteroatoms. The number of hydrogen-bond donors (Lipinski definition) is 0. The summed E-state index contributed by atoms with van der Waals surface area (Å²) in [6.07, 6.45) is 1.81. The Morgan fingerprint density at radius 1 is 1.50 bits per heavy atom. The van der Waals surface area contributed by atoms with E-state index in [4.69, 9.17) is 34.8 Å². The Morgan fingerprint density at radius 2 is 2.00 bits per heavy atom. The number of nitrogens with zero attached hydrogens (tertiary/aromatic N) is 1. The van der Waals surface area contributed by atoms with Crippen molar-refractivity contribution in [3.8, 4) is 0 Å². The van der Waals surface area contributed by atoms with Crippen molar-refractivity contribution in [1.29, 1.82) is 0 Å². The Balaban J connectivity index is 0.00000225. The van der Waals surface area contributed by atoms with E-state index in [0.29, 0.717) is 5.69 Å². The largest absolute Gasteiger partial charge is 0.372 e. The fourth-order valence-corrected chi connectivity index (χ4v) is 1.60. The van der Waals surface area contributed by atoms with Gasteiger partial charge in [0.05, 0.1) is 5.69 Å². The molecular weight excluding hydrogens is 345 g/mol. The SMILES string of the molecule is [CH2-]C(C)n1cc(C)cc1C(=O)C(Cl)(Cl)Cl.[Y]. The Hall–Kier alpha value is 0.924. The molecule has 1 rings (SSSR count). The molecule has 0 fully saturated rings. The van der Waals surface area contributed by atoms with Crippen LogP contribution in [-0.4, -0.2) is 14.1 Å². The number of aryl methyl sites for hydroxylation is 1. The van der Waals surface area contributed by atoms with Crippen LogP contribution in [0.4, 0.5) is 0 Å². The Labute approximate surface area is 135 Å². The van der Waals surface area contributed by atoms with Crippen LogP contribution in [0.25, 0.3) is 0 Å². The Kier molecular flexibility index (Phi) is 6.55. The summed E-state index contributed by atoms with van der Waals surface area (Å²) in [4.78, 5) is 11.8. The van der Waals surface area contributed by atoms with E-state index in [1.807, 2.05) is 13.8 Å². The van der Waals surface area contributed by atoms with Crippen LogP contribution in [0.1, 0.15) is 29.0 Å². The molecule has 0 aliphatic heterocycles. The van der Waals surface area contributed by atoms with Gasteiger partial charge in [-0.05, 0) is 18.6 Å². The van der Waals surface area contributed by atoms with E-state index in [2.05, 4.69) is 6.92 Å². The van der Waals surface area contributed by atoms with Gasteiger partial charge < -0.3 is 11.5 Å². The van der Waals surface area contributed by atoms with Crippen molar-refractivity contribution < 1.29 is 37.5 Å². The van der Waals surface area contributed by atoms with Crippen LogP contribution in [0, 0.1) is 13.8 Å². The third kappa shape index (κ3) is 3.99. The molecule has 0 saturated heterocycles. The molecule has 0 amide bonds. The number of aromatic nitrogens is 1. The number of carbonyl (C=O) groups excluding carboxylic acids is 1. The molecule has 87 valence electrons. The van der Waals surface area contributed by atoms with Crippen molar-refractivity contribution in [1.82, 2.24) is 4.57 Å². The molecule has 0 spiro atoms. The fraction of sp³-hybridized carbons (Fsp3) is 0.400. The molecule has 0 aromatic carbocycles. The van der Waals surface area contributed by atoms with Crippen LogP contribution in [0.2, 0.25) is 0 Å². The van der Waals surface area contributed by atoms with Gasteiger partial charge in [0, 0.05) is 38.9 Å². The fourth-order valence-electron chi connectivity index (χ4n) is 1.31. The molecule has 1 unspecified atom stereocenters. The molecule has 0 N–H and O–H groups in total. The molecule has 2 nitrogen and oxygen atoms in total. The van der Waals surface area contributed by atoms with Crippen molar-refractivity contribution in [3.05, 3.63) is 30.4 Å². The van der Waals surface area contributed by atoms with Gasteiger partial charge in [-0.25, -0.2) is 0 Å². The smallest absolute Gasteiger partial charge is 0.255 e. The number of carbonyl (C=O) groups is 1. The zero-order chi connectivity index (χ0) is 11.8. The monoisotopic (exact) mass is 355 g/mol. The standard InChI is InChI=1S/C10H11Cl3NO.Y/c1-6(2)14-5-7(3)4-8(14)9(15)10(11,12)13;/h4-6H,1H2,2-3H3;/q-1;. The van der Waals surface area contributed by atoms with Gasteiger partial charge in [-0.2, -0.15) is 0 Å². The molecule has 1 aromatic heterocycles. The van der Waals surface area contributed by atoms with E-state index in [9.17, 15) is 4.79 Å². The molecular formula is C10H11Cl3NOY-. The third-order valence-electron chi connectivity index (χ3n) is 1.95. The van der Waals surface area contributed by atoms with Crippen molar-refractivity contribution in [2.75, 3.05) is 0 Å². The molecule has 0 aliphatic carbocycles. The van der Waals surface area contributed by atoms with E-state index >= 15 is 0 Å². The molecule has 0 aliphatic rings. The molecule has 0 saturated carbocycles. The maximum Gasteiger partial charge on any atom is 0.255 e. The summed E-state index contributed by atoms with van der Waals surface area (Å²) in [5.74, 6) is -0.531. The van der Waals surface area contributed by atoms with Gasteiger partial charge in [0.15, 0.2) is 0 Å². The van der Waals surface area contributed by atoms with Crippen LogP contribution in [0.5, 0.6) is 0 Å². The molecule has 1 heterocycles. The van der Waals surface area contributed by atoms with Gasteiger partial charge >= 0.3 is 0 Å². The van der Waals surface area contributed by atoms with E-state index < -0.39 is 9.58 Å². The molecule has 1 radical (unpaired) electrons. The second kappa shape index (κ2) is 6.20. The summed E-state index contributed by atoms with van der Waals surface area (Å²) >= 11 is 16.7. The molecule has 1 atom stereocenters. The zero-order valence-electron chi connectivity index (χ0n) is 9.01. The number of Topliss-reactive ketones (excluding diaryl/α,β-unsaturated/α-hetero) is 1. The topological polar surface area (TPSA) is 22.0 Å². The van der Waals surface area contributed by atoms with Crippen molar-refractivity contribution in [2.24, 2.45) is 0 Å². The first kappa shape index (κ1) is 16.9. The summed E-state index contributed by atoms with van der Waals surface area (Å²) in [5.41, 5.74) is 1.30. The van der Waals surface area contributed by atoms with Crippen molar-refractivity contribution in [2.45, 2.75) is 23.7 Å². The first-order chi connectivity index (χ1) is 6.73. The van der Waals surface area contributed by atoms with Crippen molar-refractivity contribution >= 4 is 40.6 Å². The quantitative estimate of drug-likeness (QED) is 0.449. The summed E-state index contributed by atoms with van der Waals surface area (Å²) in [5, 5.41) is 0. The van der Waals surface area contributed by atoms with Crippen LogP contribution >= 0.6 is 34.8 Å². The van der Waals surface area contributed by atoms with E-state index in [-0.39, 0.29) is 38.8 Å². The summed E-state index contributed by atoms with van der Waals surface area (Å²) in [6, 6.07) is 1.59. The maximum absolute atomic E-state index is 11.8. The molecule has 1 aromatic rings. The minimum Gasteiger partial charge on any atom is -0.372 e. The van der Waals surface area contributed by atoms with Gasteiger partial charge in [-0.1, -0.05) is 47.8 Å². The van der Waals surface area contributed by atoms with Gasteiger partial charge in [0.1, 0.15) is 0 Å². The molecule has 0 bridgehead atoms. The normalized spacial score (nSPS) is 13.1. The van der Waals surface area contributed by atoms with E-state index in [1.54, 1.807) is 16.8 Å². The number of ketones is 1. The Morgan fingerprint density at radius 3 is 2.38 bits per heavy atom. The Bertz CT molecular complexity index is 382. The minimum absolute atomic E-state index is 0. The second-order valence-corrected chi connectivity index (χ2v) is 5.77. The van der Waals surface area contributed by atoms with Gasteiger partial charge in [0.25, 0.3) is 3.79 Å². The second-order valence-electron chi connectivity index (χ2n) is 3.49. The average Bonchev–Trinajstić information content (AvgIpc) is 2.44. The summed E-state index contributed by atoms with van der Waals surface area (Å²) < 4.78 is -0.225. The van der Waals surface area contributed by atoms with Gasteiger partial charge in [0.2, 0.25) is 5.78 Å². The summed E-state index contributed by atoms with van der Waals surface area (Å²) in [7, 11) is 0. The first-order valence-corrected chi connectivity index (χ1v) is 5.50. The van der Waals surface area contributed by atoms with Crippen LogP contribution < -0.4 is 0 Å². The number of rotatable bonds is 2. The van der Waals surface area contributed by atoms with Gasteiger partial charge in [-0.3, -0.25) is 4.79 Å². The van der Waals surface area contributed by atoms with Crippen molar-refractivity contribution in [3.63, 3.8) is 0 Å². The van der Waals surface area contributed by atoms with Crippen LogP contribution in [0.3, 0.4) is 0 Å². The number of alkyl halides is 3. The predicted octanol–water partition coefficient (Wildman–Crippen LogP) is 3.74. The van der Waals surface area contributed by atoms with Crippen LogP contribution in [0.15, 0.2) is 12.3 Å². The average molecular weight is 356 g/mol. The van der Waals surface area contributed by atoms with Gasteiger partial charge in [-0.15, -0.1) is 0 Å². The zero-order valence-corrected chi connectivity index (χ0v) is 14.1. The van der Waals surface area contributed by atoms with E-state index in [1.165, 1.54) is 0 Å². The third-order valence-corrected chi connectivity index (χ3v) is 2.47. The molecule has 16 heavy (non-hydrogen) atoms. The summed E-state index contributed by atoms with van der Waals surface area (Å²) in [6.45, 7) is 7.55. The minimum atomic E-state index is -1.92. The predicted molar refractivity (Wildman–Crippen MR) is 63.9 cm³/mol. The first-order valence-electron chi connectivity index (χ1n) is 4.36. The maximum atomic E-state index is 11.8.